The average molecular weight is 481 g/mol. The number of amides is 4. The molecule has 0 bridgehead atoms. The van der Waals surface area contributed by atoms with Crippen LogP contribution in [0.25, 0.3) is 11.1 Å². The summed E-state index contributed by atoms with van der Waals surface area (Å²) in [6.45, 7) is 3.71. The number of urea groups is 1. The van der Waals surface area contributed by atoms with Gasteiger partial charge in [-0.1, -0.05) is 56.3 Å². The lowest BCUT2D eigenvalue weighted by Gasteiger charge is -2.25. The maximum Gasteiger partial charge on any atom is 0.325 e. The smallest absolute Gasteiger partial charge is 0.325 e. The van der Waals surface area contributed by atoms with Crippen molar-refractivity contribution in [1.29, 1.82) is 0 Å². The Kier molecular flexibility index (Phi) is 7.25. The van der Waals surface area contributed by atoms with E-state index in [1.165, 1.54) is 0 Å². The lowest BCUT2D eigenvalue weighted by atomic mass is 9.87. The topological polar surface area (TPSA) is 108 Å². The van der Waals surface area contributed by atoms with Gasteiger partial charge in [0.1, 0.15) is 11.9 Å². The second-order valence-corrected chi connectivity index (χ2v) is 9.15. The molecule has 2 saturated heterocycles. The summed E-state index contributed by atoms with van der Waals surface area (Å²) in [6, 6.07) is 9.71. The quantitative estimate of drug-likeness (QED) is 0.504. The van der Waals surface area contributed by atoms with Crippen molar-refractivity contribution in [3.05, 3.63) is 59.4 Å². The third kappa shape index (κ3) is 5.09. The maximum absolute atomic E-state index is 15.9. The monoisotopic (exact) mass is 480 g/mol. The summed E-state index contributed by atoms with van der Waals surface area (Å²) in [4.78, 5) is 51.5. The molecule has 0 aromatic heterocycles. The Morgan fingerprint density at radius 1 is 1.11 bits per heavy atom. The van der Waals surface area contributed by atoms with Crippen LogP contribution < -0.4 is 16.0 Å². The van der Waals surface area contributed by atoms with Gasteiger partial charge in [-0.05, 0) is 42.0 Å². The van der Waals surface area contributed by atoms with Crippen molar-refractivity contribution in [2.24, 2.45) is 0 Å². The highest BCUT2D eigenvalue weighted by atomic mass is 19.1. The third-order valence-corrected chi connectivity index (χ3v) is 6.44. The van der Waals surface area contributed by atoms with Crippen molar-refractivity contribution in [3.8, 4) is 11.1 Å². The molecular formula is C26H29FN4O4. The molecule has 2 aliphatic rings. The van der Waals surface area contributed by atoms with Gasteiger partial charge in [-0.3, -0.25) is 19.3 Å². The van der Waals surface area contributed by atoms with Crippen LogP contribution in [-0.4, -0.2) is 54.2 Å². The van der Waals surface area contributed by atoms with Crippen molar-refractivity contribution < 1.29 is 23.6 Å². The van der Waals surface area contributed by atoms with E-state index in [1.807, 2.05) is 13.8 Å². The molecule has 2 atom stereocenters. The zero-order valence-corrected chi connectivity index (χ0v) is 19.8. The summed E-state index contributed by atoms with van der Waals surface area (Å²) in [5, 5.41) is 8.26. The number of Topliss-reactive ketones (excluding diaryl/α,β-unsaturated/α-hetero) is 1. The molecule has 8 nitrogen and oxygen atoms in total. The summed E-state index contributed by atoms with van der Waals surface area (Å²) >= 11 is 0. The number of hydrogen-bond acceptors (Lipinski definition) is 5. The van der Waals surface area contributed by atoms with E-state index in [0.717, 1.165) is 11.3 Å². The van der Waals surface area contributed by atoms with Gasteiger partial charge in [0, 0.05) is 5.56 Å². The van der Waals surface area contributed by atoms with E-state index in [4.69, 9.17) is 0 Å². The molecule has 9 heteroatoms. The van der Waals surface area contributed by atoms with Gasteiger partial charge in [-0.2, -0.15) is 0 Å². The van der Waals surface area contributed by atoms with E-state index < -0.39 is 42.2 Å². The van der Waals surface area contributed by atoms with E-state index in [9.17, 15) is 19.2 Å². The summed E-state index contributed by atoms with van der Waals surface area (Å²) < 4.78 is 15.9. The Hall–Kier alpha value is -3.59. The molecule has 2 aliphatic heterocycles. The van der Waals surface area contributed by atoms with E-state index in [1.54, 1.807) is 42.5 Å². The second-order valence-electron chi connectivity index (χ2n) is 9.15. The number of nitrogens with zero attached hydrogens (tertiary/aromatic N) is 1. The number of carbonyl (C=O) groups excluding carboxylic acids is 4. The number of halogens is 1. The molecule has 2 heterocycles. The van der Waals surface area contributed by atoms with E-state index >= 15 is 4.39 Å². The molecular weight excluding hydrogens is 451 g/mol. The zero-order valence-electron chi connectivity index (χ0n) is 19.8. The Bertz CT molecular complexity index is 1130. The molecule has 0 radical (unpaired) electrons. The highest BCUT2D eigenvalue weighted by Crippen LogP contribution is 2.35. The minimum absolute atomic E-state index is 0.108. The van der Waals surface area contributed by atoms with Gasteiger partial charge in [0.05, 0.1) is 19.1 Å². The molecule has 0 aliphatic carbocycles. The molecule has 184 valence electrons. The van der Waals surface area contributed by atoms with Crippen LogP contribution in [0.2, 0.25) is 0 Å². The number of carbonyl (C=O) groups is 4. The van der Waals surface area contributed by atoms with Gasteiger partial charge in [-0.25, -0.2) is 9.18 Å². The molecule has 4 rings (SSSR count). The number of benzene rings is 2. The number of imide groups is 1. The SMILES string of the molecule is CC(C)c1ccc(C(NC(=O)C2CCCN2)C(=O)CN2C(=O)CNC2=O)c(-c2ccccc2)c1F. The standard InChI is InChI=1S/C26H29FN4O4/c1-15(2)17-10-11-18(22(23(17)27)16-7-4-3-5-8-16)24(30-25(34)19-9-6-12-28-19)20(32)14-31-21(33)13-29-26(31)35/h3-5,7-8,10-11,15,19,24,28H,6,9,12-14H2,1-2H3,(H,29,35)(H,30,34). The van der Waals surface area contributed by atoms with Crippen LogP contribution in [0.3, 0.4) is 0 Å². The third-order valence-electron chi connectivity index (χ3n) is 6.44. The van der Waals surface area contributed by atoms with Crippen LogP contribution in [0.5, 0.6) is 0 Å². The fraction of sp³-hybridized carbons (Fsp3) is 0.385. The van der Waals surface area contributed by atoms with E-state index in [0.29, 0.717) is 24.1 Å². The normalized spacial score (nSPS) is 18.6. The average Bonchev–Trinajstić information content (AvgIpc) is 3.49. The number of hydrogen-bond donors (Lipinski definition) is 3. The highest BCUT2D eigenvalue weighted by Gasteiger charge is 2.36. The molecule has 3 N–H and O–H groups in total. The Morgan fingerprint density at radius 3 is 2.43 bits per heavy atom. The predicted octanol–water partition coefficient (Wildman–Crippen LogP) is 2.65. The van der Waals surface area contributed by atoms with Gasteiger partial charge in [0.2, 0.25) is 11.8 Å². The van der Waals surface area contributed by atoms with E-state index in [-0.39, 0.29) is 29.5 Å². The Morgan fingerprint density at radius 2 is 1.83 bits per heavy atom. The Balaban J connectivity index is 1.79. The zero-order chi connectivity index (χ0) is 25.1. The molecule has 0 spiro atoms. The first kappa shape index (κ1) is 24.5. The van der Waals surface area contributed by atoms with Crippen molar-refractivity contribution in [2.75, 3.05) is 19.6 Å². The van der Waals surface area contributed by atoms with Gasteiger partial charge in [0.15, 0.2) is 5.78 Å². The van der Waals surface area contributed by atoms with E-state index in [2.05, 4.69) is 16.0 Å². The van der Waals surface area contributed by atoms with Gasteiger partial charge in [0.25, 0.3) is 0 Å². The number of ketones is 1. The molecule has 2 fully saturated rings. The van der Waals surface area contributed by atoms with Crippen molar-refractivity contribution >= 4 is 23.6 Å². The van der Waals surface area contributed by atoms with Gasteiger partial charge < -0.3 is 16.0 Å². The number of rotatable bonds is 8. The first-order valence-electron chi connectivity index (χ1n) is 11.8. The van der Waals surface area contributed by atoms with Crippen LogP contribution in [0.4, 0.5) is 9.18 Å². The van der Waals surface area contributed by atoms with Crippen molar-refractivity contribution in [2.45, 2.75) is 44.7 Å². The highest BCUT2D eigenvalue weighted by molar-refractivity contribution is 6.06. The van der Waals surface area contributed by atoms with Crippen molar-refractivity contribution in [1.82, 2.24) is 20.9 Å². The van der Waals surface area contributed by atoms with Crippen LogP contribution in [0.1, 0.15) is 49.8 Å². The van der Waals surface area contributed by atoms with Gasteiger partial charge >= 0.3 is 6.03 Å². The molecule has 2 aromatic carbocycles. The number of nitrogens with one attached hydrogen (secondary N) is 3. The van der Waals surface area contributed by atoms with Crippen LogP contribution >= 0.6 is 0 Å². The summed E-state index contributed by atoms with van der Waals surface area (Å²) in [5.74, 6) is -2.08. The largest absolute Gasteiger partial charge is 0.341 e. The van der Waals surface area contributed by atoms with Crippen LogP contribution in [-0.2, 0) is 14.4 Å². The fourth-order valence-corrected chi connectivity index (χ4v) is 4.54. The van der Waals surface area contributed by atoms with Crippen LogP contribution in [0, 0.1) is 5.82 Å². The van der Waals surface area contributed by atoms with Crippen LogP contribution in [0.15, 0.2) is 42.5 Å². The minimum atomic E-state index is -1.25. The minimum Gasteiger partial charge on any atom is -0.341 e. The lowest BCUT2D eigenvalue weighted by molar-refractivity contribution is -0.132. The molecule has 4 amide bonds. The molecule has 35 heavy (non-hydrogen) atoms. The Labute approximate surface area is 203 Å². The summed E-state index contributed by atoms with van der Waals surface area (Å²) in [7, 11) is 0. The predicted molar refractivity (Wildman–Crippen MR) is 128 cm³/mol. The first-order valence-corrected chi connectivity index (χ1v) is 11.8. The summed E-state index contributed by atoms with van der Waals surface area (Å²) in [6.07, 6.45) is 1.44. The molecule has 0 saturated carbocycles. The molecule has 2 aromatic rings. The van der Waals surface area contributed by atoms with Gasteiger partial charge in [-0.15, -0.1) is 0 Å². The summed E-state index contributed by atoms with van der Waals surface area (Å²) in [5.41, 5.74) is 1.54. The maximum atomic E-state index is 15.9. The fourth-order valence-electron chi connectivity index (χ4n) is 4.54. The second kappa shape index (κ2) is 10.4. The van der Waals surface area contributed by atoms with Crippen molar-refractivity contribution in [3.63, 3.8) is 0 Å². The molecule has 2 unspecified atom stereocenters. The lowest BCUT2D eigenvalue weighted by Crippen LogP contribution is -2.47. The first-order chi connectivity index (χ1) is 16.8.